The van der Waals surface area contributed by atoms with Crippen LogP contribution in [0, 0.1) is 20.8 Å². The first kappa shape index (κ1) is 16.0. The first-order chi connectivity index (χ1) is 10.5. The summed E-state index contributed by atoms with van der Waals surface area (Å²) >= 11 is 0. The van der Waals surface area contributed by atoms with E-state index in [1.165, 1.54) is 5.56 Å². The molecule has 0 atom stereocenters. The second kappa shape index (κ2) is 7.09. The van der Waals surface area contributed by atoms with Crippen molar-refractivity contribution < 1.29 is 9.53 Å². The fraction of sp³-hybridized carbons (Fsp3) is 0.278. The highest BCUT2D eigenvalue weighted by Crippen LogP contribution is 2.24. The van der Waals surface area contributed by atoms with Gasteiger partial charge in [-0.05, 0) is 49.6 Å². The summed E-state index contributed by atoms with van der Waals surface area (Å²) < 4.78 is 5.67. The van der Waals surface area contributed by atoms with Gasteiger partial charge in [0.2, 0.25) is 0 Å². The maximum Gasteiger partial charge on any atom is 0.262 e. The van der Waals surface area contributed by atoms with Crippen molar-refractivity contribution >= 4 is 11.6 Å². The Hall–Kier alpha value is -2.33. The predicted molar refractivity (Wildman–Crippen MR) is 89.1 cm³/mol. The number of rotatable bonds is 5. The third-order valence-corrected chi connectivity index (χ3v) is 3.43. The largest absolute Gasteiger partial charge is 0.483 e. The van der Waals surface area contributed by atoms with Crippen LogP contribution in [0.15, 0.2) is 36.4 Å². The number of hydrogen-bond donors (Lipinski definition) is 2. The molecule has 0 bridgehead atoms. The van der Waals surface area contributed by atoms with E-state index in [1.54, 1.807) is 0 Å². The van der Waals surface area contributed by atoms with Gasteiger partial charge in [-0.3, -0.25) is 4.79 Å². The van der Waals surface area contributed by atoms with Crippen molar-refractivity contribution in [2.45, 2.75) is 27.3 Å². The van der Waals surface area contributed by atoms with Gasteiger partial charge in [-0.2, -0.15) is 0 Å². The number of anilines is 1. The van der Waals surface area contributed by atoms with Crippen molar-refractivity contribution in [3.8, 4) is 5.75 Å². The standard InChI is InChI=1S/C18H22N2O2/c1-12-8-13(2)18(14(3)9-12)22-11-17(21)20-16-6-4-15(10-19)5-7-16/h4-9H,10-11,19H2,1-3H3,(H,20,21). The Balaban J connectivity index is 1.95. The topological polar surface area (TPSA) is 64.3 Å². The third kappa shape index (κ3) is 4.09. The van der Waals surface area contributed by atoms with Crippen LogP contribution in [0.5, 0.6) is 5.75 Å². The number of ether oxygens (including phenoxy) is 1. The van der Waals surface area contributed by atoms with E-state index in [0.717, 1.165) is 28.1 Å². The van der Waals surface area contributed by atoms with Crippen molar-refractivity contribution in [2.75, 3.05) is 11.9 Å². The molecule has 0 aliphatic carbocycles. The van der Waals surface area contributed by atoms with E-state index in [2.05, 4.69) is 5.32 Å². The van der Waals surface area contributed by atoms with Crippen molar-refractivity contribution in [3.05, 3.63) is 58.7 Å². The van der Waals surface area contributed by atoms with Crippen LogP contribution in [0.1, 0.15) is 22.3 Å². The molecule has 2 aromatic carbocycles. The quantitative estimate of drug-likeness (QED) is 0.891. The van der Waals surface area contributed by atoms with E-state index in [1.807, 2.05) is 57.2 Å². The molecule has 2 aromatic rings. The maximum atomic E-state index is 12.0. The summed E-state index contributed by atoms with van der Waals surface area (Å²) in [6.07, 6.45) is 0. The monoisotopic (exact) mass is 298 g/mol. The second-order valence-corrected chi connectivity index (χ2v) is 5.47. The van der Waals surface area contributed by atoms with E-state index in [0.29, 0.717) is 6.54 Å². The van der Waals surface area contributed by atoms with E-state index in [9.17, 15) is 4.79 Å². The van der Waals surface area contributed by atoms with Crippen LogP contribution in [0.2, 0.25) is 0 Å². The van der Waals surface area contributed by atoms with Crippen LogP contribution >= 0.6 is 0 Å². The van der Waals surface area contributed by atoms with Gasteiger partial charge in [0.05, 0.1) is 0 Å². The molecule has 0 aliphatic rings. The normalized spacial score (nSPS) is 10.4. The SMILES string of the molecule is Cc1cc(C)c(OCC(=O)Nc2ccc(CN)cc2)c(C)c1. The van der Waals surface area contributed by atoms with Crippen LogP contribution in [-0.4, -0.2) is 12.5 Å². The molecule has 0 heterocycles. The highest BCUT2D eigenvalue weighted by atomic mass is 16.5. The van der Waals surface area contributed by atoms with E-state index in [4.69, 9.17) is 10.5 Å². The molecule has 4 nitrogen and oxygen atoms in total. The van der Waals surface area contributed by atoms with Crippen molar-refractivity contribution in [1.29, 1.82) is 0 Å². The summed E-state index contributed by atoms with van der Waals surface area (Å²) in [6, 6.07) is 11.6. The lowest BCUT2D eigenvalue weighted by molar-refractivity contribution is -0.118. The molecular formula is C18H22N2O2. The van der Waals surface area contributed by atoms with Crippen LogP contribution in [0.4, 0.5) is 5.69 Å². The minimum atomic E-state index is -0.181. The van der Waals surface area contributed by atoms with E-state index in [-0.39, 0.29) is 12.5 Å². The summed E-state index contributed by atoms with van der Waals surface area (Å²) in [5, 5.41) is 2.81. The Morgan fingerprint density at radius 1 is 1.09 bits per heavy atom. The Morgan fingerprint density at radius 2 is 1.68 bits per heavy atom. The van der Waals surface area contributed by atoms with Gasteiger partial charge >= 0.3 is 0 Å². The third-order valence-electron chi connectivity index (χ3n) is 3.43. The van der Waals surface area contributed by atoms with Gasteiger partial charge in [-0.1, -0.05) is 29.8 Å². The molecule has 0 radical (unpaired) electrons. The molecule has 0 saturated carbocycles. The fourth-order valence-corrected chi connectivity index (χ4v) is 2.45. The highest BCUT2D eigenvalue weighted by molar-refractivity contribution is 5.91. The van der Waals surface area contributed by atoms with Gasteiger partial charge < -0.3 is 15.8 Å². The first-order valence-electron chi connectivity index (χ1n) is 7.29. The van der Waals surface area contributed by atoms with Crippen LogP contribution in [-0.2, 0) is 11.3 Å². The molecule has 3 N–H and O–H groups in total. The van der Waals surface area contributed by atoms with Gasteiger partial charge in [0.1, 0.15) is 5.75 Å². The highest BCUT2D eigenvalue weighted by Gasteiger charge is 2.08. The lowest BCUT2D eigenvalue weighted by Gasteiger charge is -2.13. The first-order valence-corrected chi connectivity index (χ1v) is 7.29. The molecule has 4 heteroatoms. The Kier molecular flexibility index (Phi) is 5.17. The smallest absolute Gasteiger partial charge is 0.262 e. The zero-order chi connectivity index (χ0) is 16.1. The second-order valence-electron chi connectivity index (χ2n) is 5.47. The summed E-state index contributed by atoms with van der Waals surface area (Å²) in [5.74, 6) is 0.596. The van der Waals surface area contributed by atoms with Crippen LogP contribution in [0.3, 0.4) is 0 Å². The van der Waals surface area contributed by atoms with E-state index < -0.39 is 0 Å². The predicted octanol–water partition coefficient (Wildman–Crippen LogP) is 3.09. The lowest BCUT2D eigenvalue weighted by atomic mass is 10.1. The number of benzene rings is 2. The Labute approximate surface area is 131 Å². The zero-order valence-electron chi connectivity index (χ0n) is 13.3. The molecule has 0 unspecified atom stereocenters. The number of carbonyl (C=O) groups is 1. The van der Waals surface area contributed by atoms with Gasteiger partial charge in [0.25, 0.3) is 5.91 Å². The summed E-state index contributed by atoms with van der Waals surface area (Å²) in [4.78, 5) is 12.0. The van der Waals surface area contributed by atoms with Crippen LogP contribution in [0.25, 0.3) is 0 Å². The van der Waals surface area contributed by atoms with Gasteiger partial charge in [0, 0.05) is 12.2 Å². The lowest BCUT2D eigenvalue weighted by Crippen LogP contribution is -2.20. The minimum Gasteiger partial charge on any atom is -0.483 e. The molecule has 116 valence electrons. The summed E-state index contributed by atoms with van der Waals surface area (Å²) in [5.41, 5.74) is 10.6. The Bertz CT molecular complexity index is 640. The number of nitrogens with two attached hydrogens (primary N) is 1. The van der Waals surface area contributed by atoms with Gasteiger partial charge in [0.15, 0.2) is 6.61 Å². The molecule has 2 rings (SSSR count). The van der Waals surface area contributed by atoms with Crippen molar-refractivity contribution in [2.24, 2.45) is 5.73 Å². The summed E-state index contributed by atoms with van der Waals surface area (Å²) in [6.45, 7) is 6.49. The number of hydrogen-bond acceptors (Lipinski definition) is 3. The van der Waals surface area contributed by atoms with Crippen molar-refractivity contribution in [3.63, 3.8) is 0 Å². The van der Waals surface area contributed by atoms with Gasteiger partial charge in [-0.25, -0.2) is 0 Å². The Morgan fingerprint density at radius 3 is 2.23 bits per heavy atom. The van der Waals surface area contributed by atoms with Gasteiger partial charge in [-0.15, -0.1) is 0 Å². The minimum absolute atomic E-state index is 0.0105. The fourth-order valence-electron chi connectivity index (χ4n) is 2.45. The molecule has 0 aliphatic heterocycles. The summed E-state index contributed by atoms with van der Waals surface area (Å²) in [7, 11) is 0. The van der Waals surface area contributed by atoms with Crippen molar-refractivity contribution in [1.82, 2.24) is 0 Å². The molecule has 1 amide bonds. The average Bonchev–Trinajstić information content (AvgIpc) is 2.47. The maximum absolute atomic E-state index is 12.0. The molecule has 0 spiro atoms. The number of aryl methyl sites for hydroxylation is 3. The van der Waals surface area contributed by atoms with Crippen LogP contribution < -0.4 is 15.8 Å². The number of amides is 1. The molecule has 0 saturated heterocycles. The zero-order valence-corrected chi connectivity index (χ0v) is 13.3. The molecule has 22 heavy (non-hydrogen) atoms. The number of nitrogens with one attached hydrogen (secondary N) is 1. The molecule has 0 aromatic heterocycles. The van der Waals surface area contributed by atoms with E-state index >= 15 is 0 Å². The average molecular weight is 298 g/mol. The molecular weight excluding hydrogens is 276 g/mol. The number of carbonyl (C=O) groups excluding carboxylic acids is 1. The molecule has 0 fully saturated rings.